The Balaban J connectivity index is 1.72. The zero-order chi connectivity index (χ0) is 15.5. The maximum Gasteiger partial charge on any atom is 0.250 e. The molecule has 0 unspecified atom stereocenters. The monoisotopic (exact) mass is 317 g/mol. The zero-order valence-corrected chi connectivity index (χ0v) is 13.7. The highest BCUT2D eigenvalue weighted by atomic mass is 32.1. The van der Waals surface area contributed by atoms with Crippen molar-refractivity contribution in [2.75, 3.05) is 38.1 Å². The van der Waals surface area contributed by atoms with Crippen LogP contribution in [-0.2, 0) is 0 Å². The first kappa shape index (κ1) is 15.2. The lowest BCUT2D eigenvalue weighted by atomic mass is 10.1. The Morgan fingerprint density at radius 1 is 1.41 bits per heavy atom. The van der Waals surface area contributed by atoms with Crippen LogP contribution in [0.5, 0.6) is 0 Å². The highest BCUT2D eigenvalue weighted by molar-refractivity contribution is 7.22. The van der Waals surface area contributed by atoms with Crippen LogP contribution in [0.2, 0.25) is 0 Å². The minimum atomic E-state index is -0.449. The number of nitrogens with zero attached hydrogens (tertiary/aromatic N) is 3. The number of thiazole rings is 1. The lowest BCUT2D eigenvalue weighted by Crippen LogP contribution is -2.36. The summed E-state index contributed by atoms with van der Waals surface area (Å²) in [6, 6.07) is 6.44. The summed E-state index contributed by atoms with van der Waals surface area (Å²) in [6.45, 7) is 4.40. The van der Waals surface area contributed by atoms with E-state index in [0.29, 0.717) is 11.1 Å². The van der Waals surface area contributed by atoms with E-state index in [9.17, 15) is 4.79 Å². The molecule has 6 heteroatoms. The van der Waals surface area contributed by atoms with E-state index in [2.05, 4.69) is 27.9 Å². The molecule has 2 N–H and O–H groups in total. The van der Waals surface area contributed by atoms with Gasteiger partial charge < -0.3 is 15.5 Å². The van der Waals surface area contributed by atoms with Gasteiger partial charge in [-0.1, -0.05) is 17.8 Å². The summed E-state index contributed by atoms with van der Waals surface area (Å²) in [5.74, 6) is -0.449. The van der Waals surface area contributed by atoms with Crippen molar-refractivity contribution in [3.8, 4) is 0 Å². The molecule has 0 atom stereocenters. The fourth-order valence-corrected chi connectivity index (χ4v) is 3.76. The topological polar surface area (TPSA) is 62.5 Å². The van der Waals surface area contributed by atoms with Crippen molar-refractivity contribution < 1.29 is 4.79 Å². The fourth-order valence-electron chi connectivity index (χ4n) is 2.80. The molecule has 1 aliphatic rings. The predicted molar refractivity (Wildman–Crippen MR) is 90.5 cm³/mol. The van der Waals surface area contributed by atoms with Crippen molar-refractivity contribution in [3.05, 3.63) is 23.8 Å². The van der Waals surface area contributed by atoms with E-state index >= 15 is 0 Å². The molecule has 1 radical (unpaired) electrons. The number of hydrogen-bond donors (Lipinski definition) is 1. The van der Waals surface area contributed by atoms with E-state index in [1.165, 1.54) is 32.4 Å². The molecule has 5 nitrogen and oxygen atoms in total. The molecule has 1 amide bonds. The lowest BCUT2D eigenvalue weighted by molar-refractivity contribution is 0.100. The van der Waals surface area contributed by atoms with Gasteiger partial charge in [0.05, 0.1) is 15.8 Å². The number of hydrogen-bond acceptors (Lipinski definition) is 5. The second-order valence-corrected chi connectivity index (χ2v) is 6.78. The molecule has 1 aromatic heterocycles. The fraction of sp³-hybridized carbons (Fsp3) is 0.500. The van der Waals surface area contributed by atoms with Gasteiger partial charge in [-0.05, 0) is 44.1 Å². The molecule has 3 rings (SSSR count). The summed E-state index contributed by atoms with van der Waals surface area (Å²) < 4.78 is 0.955. The van der Waals surface area contributed by atoms with Crippen molar-refractivity contribution in [1.82, 2.24) is 9.88 Å². The van der Waals surface area contributed by atoms with Crippen LogP contribution in [0.4, 0.5) is 5.13 Å². The Morgan fingerprint density at radius 3 is 2.91 bits per heavy atom. The third kappa shape index (κ3) is 3.23. The number of carbonyl (C=O) groups is 1. The summed E-state index contributed by atoms with van der Waals surface area (Å²) in [6.07, 6.45) is 3.97. The van der Waals surface area contributed by atoms with Crippen LogP contribution >= 0.6 is 11.3 Å². The lowest BCUT2D eigenvalue weighted by Gasteiger charge is -2.28. The average Bonchev–Trinajstić information content (AvgIpc) is 2.97. The minimum Gasteiger partial charge on any atom is -0.366 e. The number of rotatable bonds is 5. The molecule has 22 heavy (non-hydrogen) atoms. The molecule has 1 aliphatic heterocycles. The van der Waals surface area contributed by atoms with Crippen LogP contribution in [0.1, 0.15) is 29.6 Å². The third-order valence-corrected chi connectivity index (χ3v) is 5.25. The van der Waals surface area contributed by atoms with Gasteiger partial charge in [0, 0.05) is 20.1 Å². The molecular formula is C16H21N4OS. The van der Waals surface area contributed by atoms with Gasteiger partial charge in [0.25, 0.3) is 5.91 Å². The van der Waals surface area contributed by atoms with E-state index in [0.717, 1.165) is 22.9 Å². The smallest absolute Gasteiger partial charge is 0.250 e. The molecule has 2 aromatic rings. The summed E-state index contributed by atoms with van der Waals surface area (Å²) in [5.41, 5.74) is 6.55. The molecule has 0 bridgehead atoms. The molecule has 0 spiro atoms. The number of likely N-dealkylation sites (N-methyl/N-ethyl adjacent to an activating group) is 1. The minimum absolute atomic E-state index is 0.449. The molecule has 0 saturated carbocycles. The van der Waals surface area contributed by atoms with Gasteiger partial charge in [-0.15, -0.1) is 0 Å². The summed E-state index contributed by atoms with van der Waals surface area (Å²) in [5, 5.41) is 0.925. The number of likely N-dealkylation sites (tertiary alicyclic amines) is 1. The van der Waals surface area contributed by atoms with E-state index in [1.54, 1.807) is 17.4 Å². The van der Waals surface area contributed by atoms with Crippen molar-refractivity contribution in [3.63, 3.8) is 0 Å². The number of amides is 1. The van der Waals surface area contributed by atoms with Crippen molar-refractivity contribution in [1.29, 1.82) is 0 Å². The number of anilines is 1. The Kier molecular flexibility index (Phi) is 4.59. The Bertz CT molecular complexity index is 663. The van der Waals surface area contributed by atoms with Crippen molar-refractivity contribution >= 4 is 32.6 Å². The number of fused-ring (bicyclic) bond motifs is 1. The number of benzene rings is 1. The first-order chi connectivity index (χ1) is 10.6. The highest BCUT2D eigenvalue weighted by Gasteiger charge is 2.15. The molecule has 0 aliphatic carbocycles. The largest absolute Gasteiger partial charge is 0.366 e. The molecule has 117 valence electrons. The quantitative estimate of drug-likeness (QED) is 0.917. The Labute approximate surface area is 134 Å². The molecule has 1 fully saturated rings. The van der Waals surface area contributed by atoms with Crippen LogP contribution in [0, 0.1) is 6.07 Å². The third-order valence-electron chi connectivity index (χ3n) is 4.13. The van der Waals surface area contributed by atoms with Crippen LogP contribution in [0.25, 0.3) is 10.2 Å². The second-order valence-electron chi connectivity index (χ2n) is 5.77. The average molecular weight is 317 g/mol. The van der Waals surface area contributed by atoms with Gasteiger partial charge in [-0.3, -0.25) is 4.79 Å². The summed E-state index contributed by atoms with van der Waals surface area (Å²) in [7, 11) is 2.05. The number of nitrogens with two attached hydrogens (primary N) is 1. The van der Waals surface area contributed by atoms with Gasteiger partial charge in [0.1, 0.15) is 0 Å². The van der Waals surface area contributed by atoms with E-state index in [-0.39, 0.29) is 0 Å². The standard InChI is InChI=1S/C16H21N4OS/c1-19(10-11-20-8-3-2-4-9-20)16-18-14-12(15(17)21)6-5-7-13(14)22-16/h6-7H,2-4,8-11H2,1H3,(H2,17,21). The van der Waals surface area contributed by atoms with Crippen LogP contribution in [0.3, 0.4) is 0 Å². The van der Waals surface area contributed by atoms with E-state index in [1.807, 2.05) is 6.07 Å². The Morgan fingerprint density at radius 2 is 2.18 bits per heavy atom. The SMILES string of the molecule is CN(CCN1CCCCC1)c1nc2c(C(N)=O)c[c]cc2s1. The normalized spacial score (nSPS) is 16.0. The molecule has 1 saturated heterocycles. The van der Waals surface area contributed by atoms with Crippen molar-refractivity contribution in [2.24, 2.45) is 5.73 Å². The maximum atomic E-state index is 11.5. The highest BCUT2D eigenvalue weighted by Crippen LogP contribution is 2.29. The van der Waals surface area contributed by atoms with Crippen LogP contribution in [0.15, 0.2) is 12.1 Å². The summed E-state index contributed by atoms with van der Waals surface area (Å²) in [4.78, 5) is 20.7. The predicted octanol–water partition coefficient (Wildman–Crippen LogP) is 2.12. The van der Waals surface area contributed by atoms with Crippen LogP contribution in [-0.4, -0.2) is 49.0 Å². The van der Waals surface area contributed by atoms with Crippen molar-refractivity contribution in [2.45, 2.75) is 19.3 Å². The van der Waals surface area contributed by atoms with Crippen LogP contribution < -0.4 is 10.6 Å². The van der Waals surface area contributed by atoms with E-state index < -0.39 is 5.91 Å². The number of piperidine rings is 1. The first-order valence-electron chi connectivity index (χ1n) is 7.69. The molecule has 2 heterocycles. The number of primary amides is 1. The number of carbonyl (C=O) groups excluding carboxylic acids is 1. The first-order valence-corrected chi connectivity index (χ1v) is 8.51. The van der Waals surface area contributed by atoms with Gasteiger partial charge >= 0.3 is 0 Å². The molecular weight excluding hydrogens is 296 g/mol. The van der Waals surface area contributed by atoms with Gasteiger partial charge in [-0.2, -0.15) is 0 Å². The zero-order valence-electron chi connectivity index (χ0n) is 12.8. The maximum absolute atomic E-state index is 11.5. The Hall–Kier alpha value is -1.66. The molecule has 1 aromatic carbocycles. The second kappa shape index (κ2) is 6.62. The van der Waals surface area contributed by atoms with Gasteiger partial charge in [-0.25, -0.2) is 4.98 Å². The number of aromatic nitrogens is 1. The van der Waals surface area contributed by atoms with Gasteiger partial charge in [0.15, 0.2) is 5.13 Å². The summed E-state index contributed by atoms with van der Waals surface area (Å²) >= 11 is 1.58. The van der Waals surface area contributed by atoms with Gasteiger partial charge in [0.2, 0.25) is 0 Å². The van der Waals surface area contributed by atoms with E-state index in [4.69, 9.17) is 5.73 Å².